The average Bonchev–Trinajstić information content (AvgIpc) is 2.63. The fourth-order valence-corrected chi connectivity index (χ4v) is 3.13. The van der Waals surface area contributed by atoms with Gasteiger partial charge < -0.3 is 5.73 Å². The highest BCUT2D eigenvalue weighted by Gasteiger charge is 2.22. The maximum atomic E-state index is 5.92. The zero-order valence-corrected chi connectivity index (χ0v) is 10.9. The molecule has 0 spiro atoms. The van der Waals surface area contributed by atoms with Crippen LogP contribution in [0.4, 0.5) is 0 Å². The molecule has 1 heterocycles. The Bertz CT molecular complexity index is 332. The molecule has 2 unspecified atom stereocenters. The Hall–Kier alpha value is -0.830. The first-order chi connectivity index (χ1) is 8.31. The van der Waals surface area contributed by atoms with Gasteiger partial charge in [-0.05, 0) is 43.7 Å². The highest BCUT2D eigenvalue weighted by Crippen LogP contribution is 2.31. The number of hydrogen-bond donors (Lipinski definition) is 1. The molecule has 0 aliphatic heterocycles. The lowest BCUT2D eigenvalue weighted by molar-refractivity contribution is 0.300. The molecule has 3 nitrogen and oxygen atoms in total. The normalized spacial score (nSPS) is 25.8. The number of nitrogens with zero attached hydrogens (tertiary/aromatic N) is 2. The number of hydrogen-bond acceptors (Lipinski definition) is 2. The van der Waals surface area contributed by atoms with Gasteiger partial charge >= 0.3 is 0 Å². The van der Waals surface area contributed by atoms with Crippen LogP contribution in [0.3, 0.4) is 0 Å². The number of nitrogens with two attached hydrogens (primary N) is 1. The molecule has 1 saturated carbocycles. The van der Waals surface area contributed by atoms with Crippen molar-refractivity contribution in [3.63, 3.8) is 0 Å². The summed E-state index contributed by atoms with van der Waals surface area (Å²) in [6.07, 6.45) is 11.2. The first kappa shape index (κ1) is 12.6. The van der Waals surface area contributed by atoms with E-state index in [0.29, 0.717) is 0 Å². The topological polar surface area (TPSA) is 43.8 Å². The average molecular weight is 235 g/mol. The summed E-state index contributed by atoms with van der Waals surface area (Å²) in [6, 6.07) is 2.13. The first-order valence-corrected chi connectivity index (χ1v) is 6.98. The fraction of sp³-hybridized carbons (Fsp3) is 0.786. The molecule has 0 aromatic carbocycles. The van der Waals surface area contributed by atoms with Gasteiger partial charge in [0, 0.05) is 18.9 Å². The highest BCUT2D eigenvalue weighted by atomic mass is 15.2. The first-order valence-electron chi connectivity index (χ1n) is 6.98. The second kappa shape index (κ2) is 6.20. The van der Waals surface area contributed by atoms with Gasteiger partial charge in [-0.1, -0.05) is 25.7 Å². The molecule has 0 bridgehead atoms. The van der Waals surface area contributed by atoms with Crippen LogP contribution in [-0.2, 0) is 13.5 Å². The zero-order chi connectivity index (χ0) is 12.1. The molecule has 2 rings (SSSR count). The summed E-state index contributed by atoms with van der Waals surface area (Å²) in [5.74, 6) is 1.59. The molecule has 3 heteroatoms. The molecular formula is C14H25N3. The van der Waals surface area contributed by atoms with Gasteiger partial charge in [-0.15, -0.1) is 0 Å². The summed E-state index contributed by atoms with van der Waals surface area (Å²) in [6.45, 7) is 0.871. The fourth-order valence-electron chi connectivity index (χ4n) is 3.13. The summed E-state index contributed by atoms with van der Waals surface area (Å²) >= 11 is 0. The van der Waals surface area contributed by atoms with Crippen molar-refractivity contribution in [1.29, 1.82) is 0 Å². The third kappa shape index (κ3) is 3.32. The summed E-state index contributed by atoms with van der Waals surface area (Å²) in [5, 5.41) is 4.23. The molecule has 2 atom stereocenters. The molecule has 96 valence electrons. The minimum absolute atomic E-state index is 0.755. The third-order valence-corrected chi connectivity index (χ3v) is 4.31. The van der Waals surface area contributed by atoms with E-state index >= 15 is 0 Å². The Kier molecular flexibility index (Phi) is 4.60. The second-order valence-electron chi connectivity index (χ2n) is 5.38. The molecule has 17 heavy (non-hydrogen) atoms. The van der Waals surface area contributed by atoms with Crippen LogP contribution in [0.15, 0.2) is 12.3 Å². The molecular weight excluding hydrogens is 210 g/mol. The van der Waals surface area contributed by atoms with Gasteiger partial charge in [0.05, 0.1) is 0 Å². The van der Waals surface area contributed by atoms with Gasteiger partial charge in [0.15, 0.2) is 0 Å². The van der Waals surface area contributed by atoms with Crippen molar-refractivity contribution in [1.82, 2.24) is 9.78 Å². The van der Waals surface area contributed by atoms with Gasteiger partial charge in [0.1, 0.15) is 0 Å². The maximum Gasteiger partial charge on any atom is 0.0492 e. The van der Waals surface area contributed by atoms with Gasteiger partial charge in [-0.3, -0.25) is 4.68 Å². The van der Waals surface area contributed by atoms with E-state index in [2.05, 4.69) is 11.2 Å². The van der Waals surface area contributed by atoms with Crippen molar-refractivity contribution in [3.8, 4) is 0 Å². The largest absolute Gasteiger partial charge is 0.330 e. The van der Waals surface area contributed by atoms with E-state index in [-0.39, 0.29) is 0 Å². The van der Waals surface area contributed by atoms with Crippen molar-refractivity contribution < 1.29 is 0 Å². The molecule has 1 fully saturated rings. The smallest absolute Gasteiger partial charge is 0.0492 e. The minimum Gasteiger partial charge on any atom is -0.330 e. The Labute approximate surface area is 104 Å². The van der Waals surface area contributed by atoms with Crippen molar-refractivity contribution in [2.75, 3.05) is 6.54 Å². The summed E-state index contributed by atoms with van der Waals surface area (Å²) < 4.78 is 1.99. The Morgan fingerprint density at radius 1 is 1.29 bits per heavy atom. The second-order valence-corrected chi connectivity index (χ2v) is 5.38. The zero-order valence-electron chi connectivity index (χ0n) is 10.9. The lowest BCUT2D eigenvalue weighted by atomic mass is 9.84. The molecule has 0 amide bonds. The van der Waals surface area contributed by atoms with Crippen LogP contribution in [0.2, 0.25) is 0 Å². The molecule has 2 N–H and O–H groups in total. The van der Waals surface area contributed by atoms with Crippen LogP contribution in [0.1, 0.15) is 44.2 Å². The van der Waals surface area contributed by atoms with Gasteiger partial charge in [0.25, 0.3) is 0 Å². The molecule has 0 radical (unpaired) electrons. The van der Waals surface area contributed by atoms with Crippen molar-refractivity contribution >= 4 is 0 Å². The van der Waals surface area contributed by atoms with E-state index in [9.17, 15) is 0 Å². The maximum absolute atomic E-state index is 5.92. The van der Waals surface area contributed by atoms with Crippen LogP contribution >= 0.6 is 0 Å². The van der Waals surface area contributed by atoms with Gasteiger partial charge in [-0.2, -0.15) is 5.10 Å². The third-order valence-electron chi connectivity index (χ3n) is 4.31. The lowest BCUT2D eigenvalue weighted by Crippen LogP contribution is -2.23. The van der Waals surface area contributed by atoms with Crippen molar-refractivity contribution in [3.05, 3.63) is 18.0 Å². The summed E-state index contributed by atoms with van der Waals surface area (Å²) in [7, 11) is 2.03. The standard InChI is InChI=1S/C14H25N3/c1-17-14(9-10-16-17)8-7-12-5-3-2-4-6-13(12)11-15/h9-10,12-13H,2-8,11,15H2,1H3. The number of aromatic nitrogens is 2. The molecule has 1 aromatic heterocycles. The van der Waals surface area contributed by atoms with E-state index < -0.39 is 0 Å². The predicted octanol–water partition coefficient (Wildman–Crippen LogP) is 2.51. The van der Waals surface area contributed by atoms with E-state index in [1.54, 1.807) is 0 Å². The molecule has 1 aliphatic rings. The molecule has 1 aromatic rings. The van der Waals surface area contributed by atoms with Gasteiger partial charge in [0.2, 0.25) is 0 Å². The van der Waals surface area contributed by atoms with E-state index in [1.807, 2.05) is 17.9 Å². The summed E-state index contributed by atoms with van der Waals surface area (Å²) in [4.78, 5) is 0. The highest BCUT2D eigenvalue weighted by molar-refractivity contribution is 5.00. The van der Waals surface area contributed by atoms with Crippen molar-refractivity contribution in [2.45, 2.75) is 44.9 Å². The molecule has 1 aliphatic carbocycles. The molecule has 0 saturated heterocycles. The van der Waals surface area contributed by atoms with Crippen LogP contribution in [0.25, 0.3) is 0 Å². The SMILES string of the molecule is Cn1nccc1CCC1CCCCCC1CN. The van der Waals surface area contributed by atoms with Crippen LogP contribution in [-0.4, -0.2) is 16.3 Å². The van der Waals surface area contributed by atoms with Gasteiger partial charge in [-0.25, -0.2) is 0 Å². The Morgan fingerprint density at radius 3 is 2.71 bits per heavy atom. The van der Waals surface area contributed by atoms with E-state index in [1.165, 1.54) is 44.2 Å². The summed E-state index contributed by atoms with van der Waals surface area (Å²) in [5.41, 5.74) is 7.28. The van der Waals surface area contributed by atoms with Crippen molar-refractivity contribution in [2.24, 2.45) is 24.6 Å². The number of rotatable bonds is 4. The Balaban J connectivity index is 1.89. The van der Waals surface area contributed by atoms with Crippen LogP contribution < -0.4 is 5.73 Å². The quantitative estimate of drug-likeness (QED) is 0.815. The van der Waals surface area contributed by atoms with E-state index in [0.717, 1.165) is 24.8 Å². The lowest BCUT2D eigenvalue weighted by Gasteiger charge is -2.23. The Morgan fingerprint density at radius 2 is 2.06 bits per heavy atom. The van der Waals surface area contributed by atoms with Crippen LogP contribution in [0.5, 0.6) is 0 Å². The number of aryl methyl sites for hydroxylation is 2. The van der Waals surface area contributed by atoms with E-state index in [4.69, 9.17) is 5.73 Å². The van der Waals surface area contributed by atoms with Crippen LogP contribution in [0, 0.1) is 11.8 Å². The predicted molar refractivity (Wildman–Crippen MR) is 70.6 cm³/mol. The minimum atomic E-state index is 0.755. The monoisotopic (exact) mass is 235 g/mol.